The van der Waals surface area contributed by atoms with Crippen molar-refractivity contribution in [2.45, 2.75) is 6.92 Å². The number of aromatic amines is 1. The Balaban J connectivity index is 1.60. The van der Waals surface area contributed by atoms with Crippen molar-refractivity contribution in [2.24, 2.45) is 0 Å². The summed E-state index contributed by atoms with van der Waals surface area (Å²) < 4.78 is 5.48. The molecule has 7 heteroatoms. The molecule has 7 nitrogen and oxygen atoms in total. The second-order valence-corrected chi connectivity index (χ2v) is 5.79. The van der Waals surface area contributed by atoms with E-state index < -0.39 is 5.91 Å². The van der Waals surface area contributed by atoms with Crippen LogP contribution in [-0.2, 0) is 0 Å². The summed E-state index contributed by atoms with van der Waals surface area (Å²) in [5.41, 5.74) is 2.94. The molecule has 0 bridgehead atoms. The quantitative estimate of drug-likeness (QED) is 0.552. The van der Waals surface area contributed by atoms with Gasteiger partial charge in [-0.3, -0.25) is 20.0 Å². The SMILES string of the molecule is Cc1ccc(C(=O)c2[nH]ncc2C(=O)Nc2nc3ccccc3o2)cc1. The molecule has 2 aromatic carbocycles. The summed E-state index contributed by atoms with van der Waals surface area (Å²) >= 11 is 0. The predicted molar refractivity (Wildman–Crippen MR) is 95.2 cm³/mol. The zero-order chi connectivity index (χ0) is 18.1. The third kappa shape index (κ3) is 2.86. The first-order chi connectivity index (χ1) is 12.6. The number of para-hydroxylation sites is 2. The van der Waals surface area contributed by atoms with Crippen molar-refractivity contribution in [3.8, 4) is 0 Å². The van der Waals surface area contributed by atoms with Crippen LogP contribution in [0.3, 0.4) is 0 Å². The molecular formula is C19H14N4O3. The maximum absolute atomic E-state index is 12.6. The van der Waals surface area contributed by atoms with Gasteiger partial charge in [-0.05, 0) is 19.1 Å². The third-order valence-electron chi connectivity index (χ3n) is 3.94. The minimum absolute atomic E-state index is 0.0612. The minimum Gasteiger partial charge on any atom is -0.423 e. The van der Waals surface area contributed by atoms with Crippen LogP contribution in [0.5, 0.6) is 0 Å². The lowest BCUT2D eigenvalue weighted by Crippen LogP contribution is -2.16. The molecule has 0 saturated heterocycles. The van der Waals surface area contributed by atoms with Gasteiger partial charge in [0.05, 0.1) is 11.8 Å². The first-order valence-electron chi connectivity index (χ1n) is 7.93. The van der Waals surface area contributed by atoms with Crippen molar-refractivity contribution in [1.29, 1.82) is 0 Å². The van der Waals surface area contributed by atoms with Gasteiger partial charge in [-0.25, -0.2) is 0 Å². The lowest BCUT2D eigenvalue weighted by atomic mass is 10.0. The molecule has 0 atom stereocenters. The molecule has 0 fully saturated rings. The minimum atomic E-state index is -0.527. The van der Waals surface area contributed by atoms with Crippen LogP contribution >= 0.6 is 0 Å². The van der Waals surface area contributed by atoms with E-state index in [2.05, 4.69) is 20.5 Å². The summed E-state index contributed by atoms with van der Waals surface area (Å²) in [5, 5.41) is 9.00. The number of nitrogens with zero attached hydrogens (tertiary/aromatic N) is 2. The summed E-state index contributed by atoms with van der Waals surface area (Å²) in [6.07, 6.45) is 1.30. The van der Waals surface area contributed by atoms with E-state index in [9.17, 15) is 9.59 Å². The van der Waals surface area contributed by atoms with Crippen LogP contribution in [0.2, 0.25) is 0 Å². The van der Waals surface area contributed by atoms with Gasteiger partial charge in [-0.15, -0.1) is 0 Å². The summed E-state index contributed by atoms with van der Waals surface area (Å²) in [7, 11) is 0. The van der Waals surface area contributed by atoms with Crippen molar-refractivity contribution < 1.29 is 14.0 Å². The Bertz CT molecular complexity index is 1080. The average Bonchev–Trinajstić information content (AvgIpc) is 3.28. The van der Waals surface area contributed by atoms with Crippen molar-refractivity contribution >= 4 is 28.8 Å². The number of aryl methyl sites for hydroxylation is 1. The van der Waals surface area contributed by atoms with E-state index in [0.29, 0.717) is 16.7 Å². The largest absolute Gasteiger partial charge is 0.423 e. The first-order valence-corrected chi connectivity index (χ1v) is 7.93. The third-order valence-corrected chi connectivity index (χ3v) is 3.94. The number of H-pyrrole nitrogens is 1. The summed E-state index contributed by atoms with van der Waals surface area (Å²) in [5.74, 6) is -0.842. The molecule has 0 radical (unpaired) electrons. The molecular weight excluding hydrogens is 332 g/mol. The molecule has 0 aliphatic heterocycles. The fraction of sp³-hybridized carbons (Fsp3) is 0.0526. The number of nitrogens with one attached hydrogen (secondary N) is 2. The highest BCUT2D eigenvalue weighted by atomic mass is 16.4. The predicted octanol–water partition coefficient (Wildman–Crippen LogP) is 3.34. The molecule has 4 aromatic rings. The van der Waals surface area contributed by atoms with E-state index in [1.54, 1.807) is 24.3 Å². The number of oxazole rings is 1. The summed E-state index contributed by atoms with van der Waals surface area (Å²) in [4.78, 5) is 29.4. The number of anilines is 1. The number of carbonyl (C=O) groups excluding carboxylic acids is 2. The standard InChI is InChI=1S/C19H14N4O3/c1-11-6-8-12(9-7-11)17(24)16-13(10-20-23-16)18(25)22-19-21-14-4-2-3-5-15(14)26-19/h2-10H,1H3,(H,20,23)(H,21,22,25). The second-order valence-electron chi connectivity index (χ2n) is 5.79. The molecule has 0 aliphatic rings. The van der Waals surface area contributed by atoms with Gasteiger partial charge < -0.3 is 4.42 Å². The van der Waals surface area contributed by atoms with Gasteiger partial charge in [0, 0.05) is 5.56 Å². The monoisotopic (exact) mass is 346 g/mol. The Morgan fingerprint density at radius 2 is 1.85 bits per heavy atom. The van der Waals surface area contributed by atoms with E-state index in [1.807, 2.05) is 31.2 Å². The Morgan fingerprint density at radius 3 is 2.62 bits per heavy atom. The van der Waals surface area contributed by atoms with E-state index in [4.69, 9.17) is 4.42 Å². The van der Waals surface area contributed by atoms with Crippen molar-refractivity contribution in [3.05, 3.63) is 77.1 Å². The summed E-state index contributed by atoms with van der Waals surface area (Å²) in [6.45, 7) is 1.93. The molecule has 2 N–H and O–H groups in total. The highest BCUT2D eigenvalue weighted by Gasteiger charge is 2.22. The van der Waals surface area contributed by atoms with E-state index >= 15 is 0 Å². The Morgan fingerprint density at radius 1 is 1.08 bits per heavy atom. The fourth-order valence-corrected chi connectivity index (χ4v) is 2.57. The average molecular weight is 346 g/mol. The van der Waals surface area contributed by atoms with Gasteiger partial charge in [0.1, 0.15) is 11.2 Å². The molecule has 0 saturated carbocycles. The number of hydrogen-bond acceptors (Lipinski definition) is 5. The zero-order valence-electron chi connectivity index (χ0n) is 13.8. The molecule has 2 heterocycles. The number of hydrogen-bond donors (Lipinski definition) is 2. The van der Waals surface area contributed by atoms with Crippen LogP contribution in [0, 0.1) is 6.92 Å². The van der Waals surface area contributed by atoms with Crippen LogP contribution in [0.15, 0.2) is 59.1 Å². The normalized spacial score (nSPS) is 10.8. The number of aromatic nitrogens is 3. The Hall–Kier alpha value is -3.74. The number of amides is 1. The molecule has 26 heavy (non-hydrogen) atoms. The number of benzene rings is 2. The van der Waals surface area contributed by atoms with Crippen molar-refractivity contribution in [2.75, 3.05) is 5.32 Å². The van der Waals surface area contributed by atoms with E-state index in [0.717, 1.165) is 5.56 Å². The highest BCUT2D eigenvalue weighted by molar-refractivity contribution is 6.16. The lowest BCUT2D eigenvalue weighted by molar-refractivity contribution is 0.0993. The second kappa shape index (κ2) is 6.29. The summed E-state index contributed by atoms with van der Waals surface area (Å²) in [6, 6.07) is 14.3. The zero-order valence-corrected chi connectivity index (χ0v) is 13.8. The first kappa shape index (κ1) is 15.8. The Labute approximate surface area is 148 Å². The van der Waals surface area contributed by atoms with Crippen LogP contribution < -0.4 is 5.32 Å². The molecule has 2 aromatic heterocycles. The molecule has 0 spiro atoms. The maximum atomic E-state index is 12.6. The molecule has 0 aliphatic carbocycles. The van der Waals surface area contributed by atoms with E-state index in [-0.39, 0.29) is 23.1 Å². The lowest BCUT2D eigenvalue weighted by Gasteiger charge is -2.03. The van der Waals surface area contributed by atoms with Crippen LogP contribution in [-0.4, -0.2) is 26.9 Å². The van der Waals surface area contributed by atoms with Gasteiger partial charge >= 0.3 is 6.01 Å². The molecule has 128 valence electrons. The van der Waals surface area contributed by atoms with Gasteiger partial charge in [-0.1, -0.05) is 42.0 Å². The molecule has 0 unspecified atom stereocenters. The van der Waals surface area contributed by atoms with Gasteiger partial charge in [0.15, 0.2) is 5.58 Å². The van der Waals surface area contributed by atoms with Gasteiger partial charge in [0.25, 0.3) is 5.91 Å². The van der Waals surface area contributed by atoms with Crippen molar-refractivity contribution in [3.63, 3.8) is 0 Å². The smallest absolute Gasteiger partial charge is 0.302 e. The van der Waals surface area contributed by atoms with Crippen LogP contribution in [0.25, 0.3) is 11.1 Å². The van der Waals surface area contributed by atoms with Crippen LogP contribution in [0.4, 0.5) is 6.01 Å². The van der Waals surface area contributed by atoms with Crippen molar-refractivity contribution in [1.82, 2.24) is 15.2 Å². The fourth-order valence-electron chi connectivity index (χ4n) is 2.57. The number of rotatable bonds is 4. The molecule has 1 amide bonds. The van der Waals surface area contributed by atoms with Crippen LogP contribution in [0.1, 0.15) is 32.0 Å². The highest BCUT2D eigenvalue weighted by Crippen LogP contribution is 2.20. The van der Waals surface area contributed by atoms with Gasteiger partial charge in [-0.2, -0.15) is 10.1 Å². The topological polar surface area (TPSA) is 101 Å². The number of carbonyl (C=O) groups is 2. The van der Waals surface area contributed by atoms with Gasteiger partial charge in [0.2, 0.25) is 5.78 Å². The van der Waals surface area contributed by atoms with E-state index in [1.165, 1.54) is 6.20 Å². The number of ketones is 1. The molecule has 4 rings (SSSR count). The Kier molecular flexibility index (Phi) is 3.81. The number of fused-ring (bicyclic) bond motifs is 1. The maximum Gasteiger partial charge on any atom is 0.302 e.